The Balaban J connectivity index is 1.33. The first-order chi connectivity index (χ1) is 19.9. The van der Waals surface area contributed by atoms with Crippen LogP contribution in [0.3, 0.4) is 0 Å². The molecule has 5 N–H and O–H groups in total. The third kappa shape index (κ3) is 6.97. The van der Waals surface area contributed by atoms with Gasteiger partial charge in [0.05, 0.1) is 17.5 Å². The number of carbonyl (C=O) groups is 2. The summed E-state index contributed by atoms with van der Waals surface area (Å²) in [6.07, 6.45) is -0.135. The third-order valence-corrected chi connectivity index (χ3v) is 7.44. The molecule has 0 saturated carbocycles. The van der Waals surface area contributed by atoms with Gasteiger partial charge in [-0.25, -0.2) is 4.98 Å². The number of piperazine rings is 1. The van der Waals surface area contributed by atoms with Crippen molar-refractivity contribution in [2.24, 2.45) is 5.73 Å². The monoisotopic (exact) mass is 553 g/mol. The van der Waals surface area contributed by atoms with Crippen molar-refractivity contribution in [3.05, 3.63) is 89.5 Å². The molecule has 2 heterocycles. The Morgan fingerprint density at radius 2 is 1.59 bits per heavy atom. The second kappa shape index (κ2) is 12.8. The molecule has 10 nitrogen and oxygen atoms in total. The Kier molecular flexibility index (Phi) is 8.71. The summed E-state index contributed by atoms with van der Waals surface area (Å²) in [5.74, 6) is -0.503. The lowest BCUT2D eigenvalue weighted by atomic mass is 10.1. The highest BCUT2D eigenvalue weighted by atomic mass is 16.4. The summed E-state index contributed by atoms with van der Waals surface area (Å²) >= 11 is 0. The lowest BCUT2D eigenvalue weighted by Crippen LogP contribution is -2.46. The standard InChI is InChI=1S/C31H35N7O3/c32-29(33)23-6-8-24(9-7-23)30-35-26-20-25(31(41)34-13-12-28(39)40)10-11-27(26)38(30)19-18-36-14-16-37(17-15-36)21-22-4-2-1-3-5-22/h1-11,20H,12-19,21H2,(H3,32,33)(H,34,41)(H,39,40). The van der Waals surface area contributed by atoms with Gasteiger partial charge in [0.2, 0.25) is 0 Å². The Morgan fingerprint density at radius 1 is 0.902 bits per heavy atom. The highest BCUT2D eigenvalue weighted by Crippen LogP contribution is 2.26. The third-order valence-electron chi connectivity index (χ3n) is 7.44. The summed E-state index contributed by atoms with van der Waals surface area (Å²) < 4.78 is 2.18. The molecule has 4 aromatic rings. The molecular weight excluding hydrogens is 518 g/mol. The number of carboxylic acid groups (broad SMARTS) is 1. The number of amides is 1. The number of fused-ring (bicyclic) bond motifs is 1. The summed E-state index contributed by atoms with van der Waals surface area (Å²) in [7, 11) is 0. The lowest BCUT2D eigenvalue weighted by Gasteiger charge is -2.34. The van der Waals surface area contributed by atoms with Crippen LogP contribution in [0.15, 0.2) is 72.8 Å². The fraction of sp³-hybridized carbons (Fsp3) is 0.290. The number of benzene rings is 3. The zero-order chi connectivity index (χ0) is 28.8. The quantitative estimate of drug-likeness (QED) is 0.165. The molecule has 1 fully saturated rings. The van der Waals surface area contributed by atoms with E-state index < -0.39 is 5.97 Å². The highest BCUT2D eigenvalue weighted by molar-refractivity contribution is 5.98. The molecule has 1 saturated heterocycles. The van der Waals surface area contributed by atoms with Crippen molar-refractivity contribution in [1.82, 2.24) is 24.7 Å². The van der Waals surface area contributed by atoms with Crippen molar-refractivity contribution >= 4 is 28.7 Å². The van der Waals surface area contributed by atoms with Crippen LogP contribution >= 0.6 is 0 Å². The van der Waals surface area contributed by atoms with Crippen molar-refractivity contribution < 1.29 is 14.7 Å². The van der Waals surface area contributed by atoms with Gasteiger partial charge in [0, 0.05) is 69.0 Å². The number of carboxylic acids is 1. The second-order valence-corrected chi connectivity index (χ2v) is 10.3. The Hall–Kier alpha value is -4.54. The Bertz CT molecular complexity index is 1520. The number of aromatic nitrogens is 2. The number of nitrogen functional groups attached to an aromatic ring is 1. The van der Waals surface area contributed by atoms with Crippen molar-refractivity contribution in [3.8, 4) is 11.4 Å². The fourth-order valence-electron chi connectivity index (χ4n) is 5.16. The maximum atomic E-state index is 12.6. The number of nitrogens with zero attached hydrogens (tertiary/aromatic N) is 4. The molecule has 41 heavy (non-hydrogen) atoms. The number of amidine groups is 1. The van der Waals surface area contributed by atoms with Gasteiger partial charge in [0.1, 0.15) is 11.7 Å². The molecule has 0 unspecified atom stereocenters. The van der Waals surface area contributed by atoms with E-state index in [4.69, 9.17) is 21.2 Å². The SMILES string of the molecule is N=C(N)c1ccc(-c2nc3cc(C(=O)NCCC(=O)O)ccc3n2CCN2CCN(Cc3ccccc3)CC2)cc1. The van der Waals surface area contributed by atoms with Gasteiger partial charge < -0.3 is 20.7 Å². The number of carbonyl (C=O) groups excluding carboxylic acids is 1. The molecule has 212 valence electrons. The normalized spacial score (nSPS) is 14.2. The second-order valence-electron chi connectivity index (χ2n) is 10.3. The average molecular weight is 554 g/mol. The van der Waals surface area contributed by atoms with Gasteiger partial charge in [-0.15, -0.1) is 0 Å². The molecule has 1 aromatic heterocycles. The van der Waals surface area contributed by atoms with Crippen LogP contribution in [0.4, 0.5) is 0 Å². The van der Waals surface area contributed by atoms with Crippen molar-refractivity contribution in [3.63, 3.8) is 0 Å². The molecule has 10 heteroatoms. The van der Waals surface area contributed by atoms with E-state index in [1.807, 2.05) is 36.4 Å². The van der Waals surface area contributed by atoms with E-state index in [2.05, 4.69) is 43.9 Å². The fourth-order valence-corrected chi connectivity index (χ4v) is 5.16. The van der Waals surface area contributed by atoms with Crippen LogP contribution < -0.4 is 11.1 Å². The number of hydrogen-bond donors (Lipinski definition) is 4. The van der Waals surface area contributed by atoms with Gasteiger partial charge in [-0.05, 0) is 23.8 Å². The molecule has 5 rings (SSSR count). The van der Waals surface area contributed by atoms with E-state index in [0.717, 1.165) is 62.7 Å². The molecule has 0 bridgehead atoms. The minimum atomic E-state index is -0.961. The van der Waals surface area contributed by atoms with E-state index in [9.17, 15) is 9.59 Å². The summed E-state index contributed by atoms with van der Waals surface area (Å²) in [5, 5.41) is 19.2. The van der Waals surface area contributed by atoms with Crippen LogP contribution in [0.5, 0.6) is 0 Å². The maximum Gasteiger partial charge on any atom is 0.305 e. The zero-order valence-electron chi connectivity index (χ0n) is 22.9. The number of nitrogens with one attached hydrogen (secondary N) is 2. The number of nitrogens with two attached hydrogens (primary N) is 1. The summed E-state index contributed by atoms with van der Waals surface area (Å²) in [6, 6.07) is 23.4. The van der Waals surface area contributed by atoms with Gasteiger partial charge in [-0.2, -0.15) is 0 Å². The molecular formula is C31H35N7O3. The van der Waals surface area contributed by atoms with Gasteiger partial charge in [-0.3, -0.25) is 24.8 Å². The predicted octanol–water partition coefficient (Wildman–Crippen LogP) is 3.01. The topological polar surface area (TPSA) is 141 Å². The van der Waals surface area contributed by atoms with E-state index in [-0.39, 0.29) is 24.7 Å². The predicted molar refractivity (Wildman–Crippen MR) is 159 cm³/mol. The van der Waals surface area contributed by atoms with Gasteiger partial charge in [0.15, 0.2) is 0 Å². The smallest absolute Gasteiger partial charge is 0.305 e. The molecule has 1 aliphatic heterocycles. The van der Waals surface area contributed by atoms with Crippen LogP contribution in [0.2, 0.25) is 0 Å². The number of aliphatic carboxylic acids is 1. The first-order valence-corrected chi connectivity index (χ1v) is 13.8. The number of imidazole rings is 1. The van der Waals surface area contributed by atoms with E-state index in [1.165, 1.54) is 5.56 Å². The minimum absolute atomic E-state index is 0.00927. The molecule has 1 aliphatic rings. The lowest BCUT2D eigenvalue weighted by molar-refractivity contribution is -0.136. The molecule has 0 atom stereocenters. The number of hydrogen-bond acceptors (Lipinski definition) is 6. The first-order valence-electron chi connectivity index (χ1n) is 13.8. The largest absolute Gasteiger partial charge is 0.481 e. The van der Waals surface area contributed by atoms with E-state index in [0.29, 0.717) is 16.6 Å². The Labute approximate surface area is 238 Å². The van der Waals surface area contributed by atoms with Crippen LogP contribution in [-0.4, -0.2) is 81.4 Å². The molecule has 0 aliphatic carbocycles. The van der Waals surface area contributed by atoms with Crippen LogP contribution in [-0.2, 0) is 17.9 Å². The maximum absolute atomic E-state index is 12.6. The van der Waals surface area contributed by atoms with Crippen LogP contribution in [0.1, 0.15) is 27.9 Å². The molecule has 1 amide bonds. The van der Waals surface area contributed by atoms with Crippen molar-refractivity contribution in [1.29, 1.82) is 5.41 Å². The zero-order valence-corrected chi connectivity index (χ0v) is 22.9. The van der Waals surface area contributed by atoms with Crippen LogP contribution in [0, 0.1) is 5.41 Å². The summed E-state index contributed by atoms with van der Waals surface area (Å²) in [4.78, 5) is 33.3. The summed E-state index contributed by atoms with van der Waals surface area (Å²) in [6.45, 7) is 6.62. The van der Waals surface area contributed by atoms with Crippen molar-refractivity contribution in [2.75, 3.05) is 39.3 Å². The Morgan fingerprint density at radius 3 is 2.27 bits per heavy atom. The minimum Gasteiger partial charge on any atom is -0.481 e. The average Bonchev–Trinajstić information content (AvgIpc) is 3.35. The number of rotatable bonds is 11. The molecule has 3 aromatic carbocycles. The van der Waals surface area contributed by atoms with Gasteiger partial charge in [0.25, 0.3) is 5.91 Å². The van der Waals surface area contributed by atoms with Gasteiger partial charge >= 0.3 is 5.97 Å². The first kappa shape index (κ1) is 28.0. The van der Waals surface area contributed by atoms with Crippen molar-refractivity contribution in [2.45, 2.75) is 19.5 Å². The van der Waals surface area contributed by atoms with E-state index >= 15 is 0 Å². The van der Waals surface area contributed by atoms with E-state index in [1.54, 1.807) is 12.1 Å². The summed E-state index contributed by atoms with van der Waals surface area (Å²) in [5.41, 5.74) is 10.6. The molecule has 0 spiro atoms. The van der Waals surface area contributed by atoms with Gasteiger partial charge in [-0.1, -0.05) is 54.6 Å². The van der Waals surface area contributed by atoms with Crippen LogP contribution in [0.25, 0.3) is 22.4 Å². The highest BCUT2D eigenvalue weighted by Gasteiger charge is 2.20. The molecule has 0 radical (unpaired) electrons.